The first-order chi connectivity index (χ1) is 12.8. The number of carbonyl (C=O) groups is 1. The predicted molar refractivity (Wildman–Crippen MR) is 99.5 cm³/mol. The van der Waals surface area contributed by atoms with Crippen molar-refractivity contribution < 1.29 is 9.53 Å². The molecule has 5 heteroatoms. The van der Waals surface area contributed by atoms with Crippen molar-refractivity contribution in [3.8, 4) is 16.9 Å². The fourth-order valence-electron chi connectivity index (χ4n) is 2.99. The van der Waals surface area contributed by atoms with Crippen LogP contribution in [0.2, 0.25) is 0 Å². The summed E-state index contributed by atoms with van der Waals surface area (Å²) in [5.41, 5.74) is 4.08. The number of Topliss-reactive ketones (excluding diaryl/α,β-unsaturated/α-hetero) is 1. The third-order valence-corrected chi connectivity index (χ3v) is 4.32. The largest absolute Gasteiger partial charge is 0.496 e. The number of hydrogen-bond donors (Lipinski definition) is 0. The molecule has 4 rings (SSSR count). The summed E-state index contributed by atoms with van der Waals surface area (Å²) in [7, 11) is 1.62. The summed E-state index contributed by atoms with van der Waals surface area (Å²) < 4.78 is 7.12. The number of methoxy groups -OCH3 is 1. The molecule has 128 valence electrons. The van der Waals surface area contributed by atoms with E-state index in [4.69, 9.17) is 4.74 Å². The van der Waals surface area contributed by atoms with Crippen molar-refractivity contribution in [2.75, 3.05) is 7.11 Å². The Morgan fingerprint density at radius 1 is 1.08 bits per heavy atom. The molecule has 0 fully saturated rings. The zero-order valence-corrected chi connectivity index (χ0v) is 14.3. The van der Waals surface area contributed by atoms with Gasteiger partial charge in [0.25, 0.3) is 0 Å². The molecule has 2 aromatic carbocycles. The Morgan fingerprint density at radius 3 is 2.73 bits per heavy atom. The van der Waals surface area contributed by atoms with Crippen LogP contribution in [-0.4, -0.2) is 27.5 Å². The summed E-state index contributed by atoms with van der Waals surface area (Å²) >= 11 is 0. The number of aromatic nitrogens is 3. The molecule has 0 atom stereocenters. The predicted octanol–water partition coefficient (Wildman–Crippen LogP) is 3.83. The van der Waals surface area contributed by atoms with Crippen LogP contribution in [0.15, 0.2) is 73.2 Å². The number of fused-ring (bicyclic) bond motifs is 1. The van der Waals surface area contributed by atoms with Gasteiger partial charge in [0.2, 0.25) is 0 Å². The quantitative estimate of drug-likeness (QED) is 0.517. The van der Waals surface area contributed by atoms with Gasteiger partial charge in [-0.25, -0.2) is 9.50 Å². The summed E-state index contributed by atoms with van der Waals surface area (Å²) in [6, 6.07) is 17.8. The number of nitrogens with zero attached hydrogens (tertiary/aromatic N) is 3. The van der Waals surface area contributed by atoms with Gasteiger partial charge < -0.3 is 4.74 Å². The highest BCUT2D eigenvalue weighted by Crippen LogP contribution is 2.28. The van der Waals surface area contributed by atoms with Crippen molar-refractivity contribution in [1.29, 1.82) is 0 Å². The highest BCUT2D eigenvalue weighted by atomic mass is 16.5. The van der Waals surface area contributed by atoms with Crippen molar-refractivity contribution in [3.63, 3.8) is 0 Å². The van der Waals surface area contributed by atoms with E-state index in [1.54, 1.807) is 36.3 Å². The lowest BCUT2D eigenvalue weighted by atomic mass is 9.99. The zero-order valence-electron chi connectivity index (χ0n) is 14.3. The number of hydrogen-bond acceptors (Lipinski definition) is 4. The minimum absolute atomic E-state index is 0.0375. The molecule has 0 aliphatic carbocycles. The second-order valence-electron chi connectivity index (χ2n) is 5.94. The van der Waals surface area contributed by atoms with E-state index < -0.39 is 0 Å². The van der Waals surface area contributed by atoms with Crippen LogP contribution in [-0.2, 0) is 6.42 Å². The Kier molecular flexibility index (Phi) is 4.19. The first kappa shape index (κ1) is 16.0. The molecular weight excluding hydrogens is 326 g/mol. The Morgan fingerprint density at radius 2 is 1.92 bits per heavy atom. The molecule has 2 heterocycles. The monoisotopic (exact) mass is 343 g/mol. The molecule has 0 radical (unpaired) electrons. The number of benzene rings is 2. The maximum atomic E-state index is 12.8. The van der Waals surface area contributed by atoms with Gasteiger partial charge >= 0.3 is 0 Å². The van der Waals surface area contributed by atoms with E-state index in [0.717, 1.165) is 16.7 Å². The second-order valence-corrected chi connectivity index (χ2v) is 5.94. The van der Waals surface area contributed by atoms with Crippen molar-refractivity contribution in [2.24, 2.45) is 0 Å². The number of ether oxygens (including phenoxy) is 1. The summed E-state index contributed by atoms with van der Waals surface area (Å²) in [5.74, 6) is 0.661. The van der Waals surface area contributed by atoms with E-state index in [1.165, 1.54) is 0 Å². The third kappa shape index (κ3) is 2.95. The molecule has 5 nitrogen and oxygen atoms in total. The SMILES string of the molecule is COc1cc(-c2ccccc2)ccc1CC(=O)c1cnn2cccnc12. The fourth-order valence-corrected chi connectivity index (χ4v) is 2.99. The highest BCUT2D eigenvalue weighted by molar-refractivity contribution is 6.02. The molecule has 2 aromatic heterocycles. The lowest BCUT2D eigenvalue weighted by Crippen LogP contribution is -2.05. The minimum atomic E-state index is -0.0375. The Bertz CT molecular complexity index is 1070. The van der Waals surface area contributed by atoms with Crippen LogP contribution in [0.3, 0.4) is 0 Å². The number of carbonyl (C=O) groups excluding carboxylic acids is 1. The van der Waals surface area contributed by atoms with Crippen LogP contribution in [0.25, 0.3) is 16.8 Å². The van der Waals surface area contributed by atoms with Gasteiger partial charge in [-0.15, -0.1) is 0 Å². The van der Waals surface area contributed by atoms with Crippen LogP contribution >= 0.6 is 0 Å². The zero-order chi connectivity index (χ0) is 17.9. The van der Waals surface area contributed by atoms with Crippen molar-refractivity contribution in [3.05, 3.63) is 84.3 Å². The van der Waals surface area contributed by atoms with E-state index in [0.29, 0.717) is 17.0 Å². The van der Waals surface area contributed by atoms with Gasteiger partial charge in [0.1, 0.15) is 5.75 Å². The average molecular weight is 343 g/mol. The second kappa shape index (κ2) is 6.80. The van der Waals surface area contributed by atoms with Crippen LogP contribution in [0.5, 0.6) is 5.75 Å². The van der Waals surface area contributed by atoms with E-state index in [2.05, 4.69) is 10.1 Å². The average Bonchev–Trinajstić information content (AvgIpc) is 3.13. The summed E-state index contributed by atoms with van der Waals surface area (Å²) in [6.45, 7) is 0. The Hall–Kier alpha value is -3.47. The third-order valence-electron chi connectivity index (χ3n) is 4.32. The normalized spacial score (nSPS) is 10.8. The van der Waals surface area contributed by atoms with Crippen LogP contribution in [0.1, 0.15) is 15.9 Å². The highest BCUT2D eigenvalue weighted by Gasteiger charge is 2.16. The van der Waals surface area contributed by atoms with Gasteiger partial charge in [-0.3, -0.25) is 4.79 Å². The molecule has 26 heavy (non-hydrogen) atoms. The maximum absolute atomic E-state index is 12.8. The summed E-state index contributed by atoms with van der Waals surface area (Å²) in [4.78, 5) is 17.0. The lowest BCUT2D eigenvalue weighted by Gasteiger charge is -2.10. The van der Waals surface area contributed by atoms with Gasteiger partial charge in [-0.2, -0.15) is 5.10 Å². The molecule has 0 bridgehead atoms. The van der Waals surface area contributed by atoms with E-state index in [1.807, 2.05) is 48.5 Å². The van der Waals surface area contributed by atoms with Gasteiger partial charge in [-0.1, -0.05) is 42.5 Å². The minimum Gasteiger partial charge on any atom is -0.496 e. The molecule has 0 aliphatic rings. The smallest absolute Gasteiger partial charge is 0.172 e. The van der Waals surface area contributed by atoms with Gasteiger partial charge in [0, 0.05) is 24.4 Å². The van der Waals surface area contributed by atoms with Gasteiger partial charge in [0.05, 0.1) is 18.9 Å². The Labute approximate surface area is 150 Å². The maximum Gasteiger partial charge on any atom is 0.172 e. The number of ketones is 1. The summed E-state index contributed by atoms with van der Waals surface area (Å²) in [5, 5.41) is 4.18. The molecule has 0 saturated heterocycles. The van der Waals surface area contributed by atoms with Crippen LogP contribution in [0.4, 0.5) is 0 Å². The van der Waals surface area contributed by atoms with Crippen LogP contribution in [0, 0.1) is 0 Å². The molecule has 0 aliphatic heterocycles. The Balaban J connectivity index is 1.64. The molecule has 0 amide bonds. The van der Waals surface area contributed by atoms with E-state index >= 15 is 0 Å². The van der Waals surface area contributed by atoms with Gasteiger partial charge in [-0.05, 0) is 23.3 Å². The topological polar surface area (TPSA) is 56.5 Å². The van der Waals surface area contributed by atoms with Gasteiger partial charge in [0.15, 0.2) is 11.4 Å². The van der Waals surface area contributed by atoms with Crippen LogP contribution < -0.4 is 4.74 Å². The van der Waals surface area contributed by atoms with Crippen molar-refractivity contribution in [2.45, 2.75) is 6.42 Å². The van der Waals surface area contributed by atoms with E-state index in [9.17, 15) is 4.79 Å². The molecule has 0 N–H and O–H groups in total. The number of rotatable bonds is 5. The van der Waals surface area contributed by atoms with Crippen molar-refractivity contribution >= 4 is 11.4 Å². The van der Waals surface area contributed by atoms with Crippen molar-refractivity contribution in [1.82, 2.24) is 14.6 Å². The molecule has 0 spiro atoms. The first-order valence-corrected chi connectivity index (χ1v) is 8.30. The molecule has 0 unspecified atom stereocenters. The molecule has 0 saturated carbocycles. The lowest BCUT2D eigenvalue weighted by molar-refractivity contribution is 0.0993. The molecule has 4 aromatic rings. The fraction of sp³-hybridized carbons (Fsp3) is 0.0952. The molecular formula is C21H17N3O2. The first-order valence-electron chi connectivity index (χ1n) is 8.30. The van der Waals surface area contributed by atoms with E-state index in [-0.39, 0.29) is 12.2 Å². The standard InChI is InChI=1S/C21H17N3O2/c1-26-20-13-16(15-6-3-2-4-7-15)8-9-17(20)12-19(25)18-14-23-24-11-5-10-22-21(18)24/h2-11,13-14H,12H2,1H3. The summed E-state index contributed by atoms with van der Waals surface area (Å²) in [6.07, 6.45) is 5.23.